The molecule has 0 saturated heterocycles. The van der Waals surface area contributed by atoms with Gasteiger partial charge in [0.1, 0.15) is 11.2 Å². The Morgan fingerprint density at radius 3 is 2.86 bits per heavy atom. The number of H-pyrrole nitrogens is 2. The zero-order valence-electron chi connectivity index (χ0n) is 19.6. The Kier molecular flexibility index (Phi) is 5.49. The van der Waals surface area contributed by atoms with E-state index in [1.807, 2.05) is 36.4 Å². The van der Waals surface area contributed by atoms with Gasteiger partial charge in [-0.15, -0.1) is 0 Å². The van der Waals surface area contributed by atoms with E-state index in [0.717, 1.165) is 63.0 Å². The lowest BCUT2D eigenvalue weighted by Gasteiger charge is -2.07. The molecule has 36 heavy (non-hydrogen) atoms. The van der Waals surface area contributed by atoms with Crippen molar-refractivity contribution in [3.63, 3.8) is 0 Å². The highest BCUT2D eigenvalue weighted by Crippen LogP contribution is 2.33. The molecule has 178 valence electrons. The third-order valence-electron chi connectivity index (χ3n) is 6.08. The maximum atomic E-state index is 12.2. The average Bonchev–Trinajstić information content (AvgIpc) is 3.66. The molecule has 0 radical (unpaired) electrons. The van der Waals surface area contributed by atoms with Gasteiger partial charge in [0.2, 0.25) is 5.91 Å². The number of amides is 1. The van der Waals surface area contributed by atoms with Gasteiger partial charge < -0.3 is 14.7 Å². The summed E-state index contributed by atoms with van der Waals surface area (Å²) >= 11 is 0. The molecule has 0 bridgehead atoms. The molecule has 1 amide bonds. The van der Waals surface area contributed by atoms with Crippen LogP contribution in [0.3, 0.4) is 0 Å². The van der Waals surface area contributed by atoms with Crippen LogP contribution in [0.25, 0.3) is 55.8 Å². The number of aromatic amines is 2. The number of hydrogen-bond donors (Lipinski definition) is 3. The molecule has 6 aromatic rings. The van der Waals surface area contributed by atoms with E-state index < -0.39 is 0 Å². The Balaban J connectivity index is 1.37. The average molecular weight is 478 g/mol. The van der Waals surface area contributed by atoms with Gasteiger partial charge in [-0.2, -0.15) is 5.10 Å². The molecule has 6 aromatic heterocycles. The second-order valence-electron chi connectivity index (χ2n) is 8.59. The number of carbonyl (C=O) groups is 1. The van der Waals surface area contributed by atoms with Crippen molar-refractivity contribution >= 4 is 33.5 Å². The van der Waals surface area contributed by atoms with Gasteiger partial charge in [-0.05, 0) is 42.8 Å². The van der Waals surface area contributed by atoms with Crippen molar-refractivity contribution < 1.29 is 9.21 Å². The predicted octanol–water partition coefficient (Wildman–Crippen LogP) is 5.95. The van der Waals surface area contributed by atoms with Crippen LogP contribution in [-0.2, 0) is 4.79 Å². The molecule has 0 saturated carbocycles. The molecule has 0 fully saturated rings. The minimum atomic E-state index is -0.0144. The monoisotopic (exact) mass is 477 g/mol. The first-order chi connectivity index (χ1) is 17.7. The SMILES string of the molecule is CCCCC(=O)Nc1cncc(-c2ccc3[nH]nc(-c4cc5c(-c6ccoc6)nccc5[nH]4)c3n2)c1. The highest BCUT2D eigenvalue weighted by Gasteiger charge is 2.16. The minimum Gasteiger partial charge on any atom is -0.472 e. The molecule has 0 aromatic carbocycles. The zero-order chi connectivity index (χ0) is 24.5. The number of pyridine rings is 3. The van der Waals surface area contributed by atoms with Crippen LogP contribution in [0.5, 0.6) is 0 Å². The first-order valence-electron chi connectivity index (χ1n) is 11.8. The number of nitrogens with zero attached hydrogens (tertiary/aromatic N) is 4. The van der Waals surface area contributed by atoms with Gasteiger partial charge in [-0.25, -0.2) is 4.98 Å². The summed E-state index contributed by atoms with van der Waals surface area (Å²) in [7, 11) is 0. The van der Waals surface area contributed by atoms with Gasteiger partial charge >= 0.3 is 0 Å². The van der Waals surface area contributed by atoms with Crippen LogP contribution in [0.4, 0.5) is 5.69 Å². The molecule has 6 rings (SSSR count). The number of aromatic nitrogens is 6. The summed E-state index contributed by atoms with van der Waals surface area (Å²) in [5, 5.41) is 11.5. The number of nitrogens with one attached hydrogen (secondary N) is 3. The summed E-state index contributed by atoms with van der Waals surface area (Å²) < 4.78 is 5.25. The molecular formula is C27H23N7O2. The Morgan fingerprint density at radius 1 is 1.06 bits per heavy atom. The van der Waals surface area contributed by atoms with E-state index in [1.165, 1.54) is 0 Å². The maximum Gasteiger partial charge on any atom is 0.224 e. The van der Waals surface area contributed by atoms with Crippen molar-refractivity contribution in [2.75, 3.05) is 5.32 Å². The third-order valence-corrected chi connectivity index (χ3v) is 6.08. The van der Waals surface area contributed by atoms with E-state index in [-0.39, 0.29) is 5.91 Å². The van der Waals surface area contributed by atoms with Gasteiger partial charge in [0, 0.05) is 40.8 Å². The van der Waals surface area contributed by atoms with Gasteiger partial charge in [0.05, 0.1) is 47.0 Å². The van der Waals surface area contributed by atoms with Crippen molar-refractivity contribution in [2.24, 2.45) is 0 Å². The standard InChI is InChI=1S/C27H23N7O2/c1-2-3-4-24(35)30-18-11-17(13-28-14-18)20-5-6-22-26(32-20)27(34-33-22)23-12-19-21(31-23)7-9-29-25(19)16-8-10-36-15-16/h5-15,31H,2-4H2,1H3,(H,30,35)(H,33,34). The number of unbranched alkanes of at least 4 members (excludes halogenated alkanes) is 1. The summed E-state index contributed by atoms with van der Waals surface area (Å²) in [6.45, 7) is 2.06. The molecule has 0 spiro atoms. The molecule has 3 N–H and O–H groups in total. The largest absolute Gasteiger partial charge is 0.472 e. The molecule has 0 aliphatic heterocycles. The summed E-state index contributed by atoms with van der Waals surface area (Å²) in [6, 6.07) is 11.6. The van der Waals surface area contributed by atoms with Crippen LogP contribution in [0.1, 0.15) is 26.2 Å². The second-order valence-corrected chi connectivity index (χ2v) is 8.59. The topological polar surface area (TPSA) is 125 Å². The summed E-state index contributed by atoms with van der Waals surface area (Å²) in [5.74, 6) is -0.0144. The number of hydrogen-bond acceptors (Lipinski definition) is 6. The van der Waals surface area contributed by atoms with E-state index in [2.05, 4.69) is 37.4 Å². The fourth-order valence-electron chi connectivity index (χ4n) is 4.27. The molecule has 0 aliphatic rings. The van der Waals surface area contributed by atoms with Crippen molar-refractivity contribution in [1.29, 1.82) is 0 Å². The lowest BCUT2D eigenvalue weighted by Crippen LogP contribution is -2.11. The molecule has 0 aliphatic carbocycles. The fraction of sp³-hybridized carbons (Fsp3) is 0.148. The Labute approximate surface area is 206 Å². The number of furan rings is 1. The van der Waals surface area contributed by atoms with E-state index in [9.17, 15) is 4.79 Å². The summed E-state index contributed by atoms with van der Waals surface area (Å²) in [6.07, 6.45) is 10.8. The van der Waals surface area contributed by atoms with Crippen molar-refractivity contribution in [2.45, 2.75) is 26.2 Å². The van der Waals surface area contributed by atoms with Crippen molar-refractivity contribution in [1.82, 2.24) is 30.1 Å². The smallest absolute Gasteiger partial charge is 0.224 e. The number of fused-ring (bicyclic) bond motifs is 2. The quantitative estimate of drug-likeness (QED) is 0.261. The summed E-state index contributed by atoms with van der Waals surface area (Å²) in [4.78, 5) is 29.3. The second kappa shape index (κ2) is 9.10. The number of carbonyl (C=O) groups excluding carboxylic acids is 1. The normalized spacial score (nSPS) is 11.4. The lowest BCUT2D eigenvalue weighted by atomic mass is 10.1. The third kappa shape index (κ3) is 4.00. The molecule has 0 unspecified atom stereocenters. The van der Waals surface area contributed by atoms with Crippen molar-refractivity contribution in [3.05, 3.63) is 67.5 Å². The van der Waals surface area contributed by atoms with Crippen LogP contribution in [-0.4, -0.2) is 36.0 Å². The van der Waals surface area contributed by atoms with E-state index in [1.54, 1.807) is 31.1 Å². The van der Waals surface area contributed by atoms with Gasteiger partial charge in [-0.1, -0.05) is 13.3 Å². The zero-order valence-corrected chi connectivity index (χ0v) is 19.6. The maximum absolute atomic E-state index is 12.2. The van der Waals surface area contributed by atoms with Gasteiger partial charge in [0.15, 0.2) is 0 Å². The molecular weight excluding hydrogens is 454 g/mol. The molecule has 9 heteroatoms. The van der Waals surface area contributed by atoms with Crippen LogP contribution in [0.15, 0.2) is 71.9 Å². The Bertz CT molecular complexity index is 1680. The molecule has 9 nitrogen and oxygen atoms in total. The van der Waals surface area contributed by atoms with Crippen LogP contribution < -0.4 is 5.32 Å². The first-order valence-corrected chi connectivity index (χ1v) is 11.8. The highest BCUT2D eigenvalue weighted by atomic mass is 16.3. The van der Waals surface area contributed by atoms with Crippen LogP contribution in [0.2, 0.25) is 0 Å². The Morgan fingerprint density at radius 2 is 2.00 bits per heavy atom. The predicted molar refractivity (Wildman–Crippen MR) is 138 cm³/mol. The van der Waals surface area contributed by atoms with Gasteiger partial charge in [0.25, 0.3) is 0 Å². The van der Waals surface area contributed by atoms with Gasteiger partial charge in [-0.3, -0.25) is 19.9 Å². The number of anilines is 1. The van der Waals surface area contributed by atoms with Crippen molar-refractivity contribution in [3.8, 4) is 33.9 Å². The number of rotatable bonds is 7. The van der Waals surface area contributed by atoms with Crippen LogP contribution >= 0.6 is 0 Å². The molecule has 6 heterocycles. The Hall–Kier alpha value is -4.79. The van der Waals surface area contributed by atoms with E-state index in [0.29, 0.717) is 17.8 Å². The lowest BCUT2D eigenvalue weighted by molar-refractivity contribution is -0.116. The fourth-order valence-corrected chi connectivity index (χ4v) is 4.27. The van der Waals surface area contributed by atoms with E-state index in [4.69, 9.17) is 9.40 Å². The first kappa shape index (κ1) is 21.7. The van der Waals surface area contributed by atoms with E-state index >= 15 is 0 Å². The summed E-state index contributed by atoms with van der Waals surface area (Å²) in [5.41, 5.74) is 7.96. The minimum absolute atomic E-state index is 0.0144. The van der Waals surface area contributed by atoms with Crippen LogP contribution in [0, 0.1) is 0 Å². The molecule has 0 atom stereocenters. The highest BCUT2D eigenvalue weighted by molar-refractivity contribution is 5.99.